The number of rotatable bonds is 7. The molecule has 0 radical (unpaired) electrons. The third-order valence-corrected chi connectivity index (χ3v) is 6.33. The fourth-order valence-electron chi connectivity index (χ4n) is 2.65. The number of piperidine rings is 1. The lowest BCUT2D eigenvalue weighted by Gasteiger charge is -2.31. The van der Waals surface area contributed by atoms with Gasteiger partial charge in [0, 0.05) is 22.8 Å². The van der Waals surface area contributed by atoms with Crippen LogP contribution in [0.1, 0.15) is 31.1 Å². The number of nitrogens with one attached hydrogen (secondary N) is 2. The van der Waals surface area contributed by atoms with E-state index in [0.717, 1.165) is 43.8 Å². The van der Waals surface area contributed by atoms with Gasteiger partial charge in [0.25, 0.3) is 0 Å². The molecule has 2 rings (SSSR count). The topological polar surface area (TPSA) is 61.4 Å². The molecule has 1 saturated heterocycles. The maximum Gasteiger partial charge on any atom is 0.241 e. The first-order valence-corrected chi connectivity index (χ1v) is 9.88. The largest absolute Gasteiger partial charge is 0.315 e. The molecule has 1 fully saturated rings. The maximum atomic E-state index is 12.4. The number of thiophene rings is 1. The average Bonchev–Trinajstić information content (AvgIpc) is 2.91. The van der Waals surface area contributed by atoms with Gasteiger partial charge in [0.05, 0.1) is 4.90 Å². The maximum absolute atomic E-state index is 12.4. The van der Waals surface area contributed by atoms with Crippen LogP contribution in [0.4, 0.5) is 0 Å². The second-order valence-electron chi connectivity index (χ2n) is 5.52. The molecule has 0 atom stereocenters. The fraction of sp³-hybridized carbons (Fsp3) is 0.714. The van der Waals surface area contributed by atoms with Gasteiger partial charge in [0.1, 0.15) is 0 Å². The minimum absolute atomic E-state index is 0.0655. The van der Waals surface area contributed by atoms with Crippen molar-refractivity contribution in [2.75, 3.05) is 26.7 Å². The van der Waals surface area contributed by atoms with Gasteiger partial charge < -0.3 is 10.2 Å². The minimum atomic E-state index is -3.37. The molecule has 0 bridgehead atoms. The molecule has 2 N–H and O–H groups in total. The Morgan fingerprint density at radius 3 is 2.71 bits per heavy atom. The summed E-state index contributed by atoms with van der Waals surface area (Å²) in [5.74, 6) is 0. The van der Waals surface area contributed by atoms with Gasteiger partial charge in [-0.25, -0.2) is 13.1 Å². The molecule has 5 nitrogen and oxygen atoms in total. The first-order valence-electron chi connectivity index (χ1n) is 7.52. The summed E-state index contributed by atoms with van der Waals surface area (Å²) in [4.78, 5) is 3.84. The molecule has 1 aromatic heterocycles. The third kappa shape index (κ3) is 4.75. The molecule has 0 unspecified atom stereocenters. The molecule has 0 aliphatic carbocycles. The Bertz CT molecular complexity index is 534. The highest BCUT2D eigenvalue weighted by atomic mass is 32.2. The first kappa shape index (κ1) is 16.9. The molecule has 7 heteroatoms. The Labute approximate surface area is 131 Å². The molecule has 0 saturated carbocycles. The molecule has 1 aliphatic rings. The zero-order valence-electron chi connectivity index (χ0n) is 12.8. The van der Waals surface area contributed by atoms with Crippen molar-refractivity contribution in [2.45, 2.75) is 43.7 Å². The van der Waals surface area contributed by atoms with E-state index in [2.05, 4.69) is 21.9 Å². The van der Waals surface area contributed by atoms with Crippen LogP contribution in [0.15, 0.2) is 16.3 Å². The molecule has 0 aromatic carbocycles. The number of hydrogen-bond donors (Lipinski definition) is 2. The quantitative estimate of drug-likeness (QED) is 0.797. The smallest absolute Gasteiger partial charge is 0.241 e. The SMILES string of the molecule is CCCN1CCC(NS(=O)(=O)c2csc(CNC)c2)CC1. The van der Waals surface area contributed by atoms with Crippen LogP contribution in [0, 0.1) is 0 Å². The lowest BCUT2D eigenvalue weighted by molar-refractivity contribution is 0.208. The summed E-state index contributed by atoms with van der Waals surface area (Å²) in [6.07, 6.45) is 2.94. The Balaban J connectivity index is 1.92. The lowest BCUT2D eigenvalue weighted by atomic mass is 10.1. The van der Waals surface area contributed by atoms with Crippen molar-refractivity contribution in [1.82, 2.24) is 14.9 Å². The average molecular weight is 332 g/mol. The van der Waals surface area contributed by atoms with Gasteiger partial charge in [-0.05, 0) is 52.0 Å². The van der Waals surface area contributed by atoms with Crippen LogP contribution in [0.25, 0.3) is 0 Å². The van der Waals surface area contributed by atoms with Crippen molar-refractivity contribution >= 4 is 21.4 Å². The van der Waals surface area contributed by atoms with Gasteiger partial charge in [-0.3, -0.25) is 0 Å². The van der Waals surface area contributed by atoms with E-state index in [9.17, 15) is 8.42 Å². The molecular weight excluding hydrogens is 306 g/mol. The molecule has 2 heterocycles. The Hall–Kier alpha value is -0.470. The van der Waals surface area contributed by atoms with Crippen molar-refractivity contribution in [3.05, 3.63) is 16.3 Å². The van der Waals surface area contributed by atoms with Crippen LogP contribution >= 0.6 is 11.3 Å². The van der Waals surface area contributed by atoms with Crippen molar-refractivity contribution in [3.8, 4) is 0 Å². The highest BCUT2D eigenvalue weighted by molar-refractivity contribution is 7.89. The number of likely N-dealkylation sites (tertiary alicyclic amines) is 1. The van der Waals surface area contributed by atoms with Gasteiger partial charge in [0.2, 0.25) is 10.0 Å². The van der Waals surface area contributed by atoms with E-state index in [-0.39, 0.29) is 6.04 Å². The molecule has 0 amide bonds. The Morgan fingerprint density at radius 1 is 1.38 bits per heavy atom. The predicted molar refractivity (Wildman–Crippen MR) is 87.2 cm³/mol. The van der Waals surface area contributed by atoms with Crippen LogP contribution < -0.4 is 10.0 Å². The van der Waals surface area contributed by atoms with E-state index in [1.54, 1.807) is 11.4 Å². The summed E-state index contributed by atoms with van der Waals surface area (Å²) in [5, 5.41) is 4.76. The molecule has 0 spiro atoms. The van der Waals surface area contributed by atoms with Crippen LogP contribution in [0.2, 0.25) is 0 Å². The lowest BCUT2D eigenvalue weighted by Crippen LogP contribution is -2.44. The van der Waals surface area contributed by atoms with E-state index in [0.29, 0.717) is 11.4 Å². The van der Waals surface area contributed by atoms with E-state index in [4.69, 9.17) is 0 Å². The number of sulfonamides is 1. The van der Waals surface area contributed by atoms with Gasteiger partial charge in [0.15, 0.2) is 0 Å². The van der Waals surface area contributed by atoms with E-state index in [1.165, 1.54) is 11.3 Å². The Kier molecular flexibility index (Phi) is 6.19. The van der Waals surface area contributed by atoms with Crippen LogP contribution in [0.5, 0.6) is 0 Å². The molecular formula is C14H25N3O2S2. The third-order valence-electron chi connectivity index (χ3n) is 3.74. The van der Waals surface area contributed by atoms with Gasteiger partial charge in [-0.2, -0.15) is 0 Å². The summed E-state index contributed by atoms with van der Waals surface area (Å²) in [7, 11) is -1.52. The summed E-state index contributed by atoms with van der Waals surface area (Å²) in [6.45, 7) is 5.95. The van der Waals surface area contributed by atoms with E-state index >= 15 is 0 Å². The van der Waals surface area contributed by atoms with Crippen molar-refractivity contribution < 1.29 is 8.42 Å². The van der Waals surface area contributed by atoms with Crippen LogP contribution in [-0.4, -0.2) is 46.0 Å². The standard InChI is InChI=1S/C14H25N3O2S2/c1-3-6-17-7-4-12(5-8-17)16-21(18,19)14-9-13(10-15-2)20-11-14/h9,11-12,15-16H,3-8,10H2,1-2H3. The minimum Gasteiger partial charge on any atom is -0.315 e. The summed E-state index contributed by atoms with van der Waals surface area (Å²) in [6, 6.07) is 1.83. The molecule has 1 aliphatic heterocycles. The van der Waals surface area contributed by atoms with Gasteiger partial charge in [-0.1, -0.05) is 6.92 Å². The van der Waals surface area contributed by atoms with E-state index in [1.807, 2.05) is 7.05 Å². The summed E-state index contributed by atoms with van der Waals surface area (Å²) in [5.41, 5.74) is 0. The van der Waals surface area contributed by atoms with Crippen molar-refractivity contribution in [3.63, 3.8) is 0 Å². The van der Waals surface area contributed by atoms with Gasteiger partial charge in [-0.15, -0.1) is 11.3 Å². The normalized spacial score (nSPS) is 18.2. The number of nitrogens with zero attached hydrogens (tertiary/aromatic N) is 1. The first-order chi connectivity index (χ1) is 10.0. The second-order valence-corrected chi connectivity index (χ2v) is 8.23. The highest BCUT2D eigenvalue weighted by Crippen LogP contribution is 2.21. The highest BCUT2D eigenvalue weighted by Gasteiger charge is 2.24. The second kappa shape index (κ2) is 7.69. The summed E-state index contributed by atoms with van der Waals surface area (Å²) >= 11 is 1.48. The van der Waals surface area contributed by atoms with Crippen LogP contribution in [0.3, 0.4) is 0 Å². The summed E-state index contributed by atoms with van der Waals surface area (Å²) < 4.78 is 27.6. The monoisotopic (exact) mass is 331 g/mol. The fourth-order valence-corrected chi connectivity index (χ4v) is 5.24. The molecule has 1 aromatic rings. The van der Waals surface area contributed by atoms with E-state index < -0.39 is 10.0 Å². The zero-order valence-corrected chi connectivity index (χ0v) is 14.4. The molecule has 21 heavy (non-hydrogen) atoms. The number of hydrogen-bond acceptors (Lipinski definition) is 5. The zero-order chi connectivity index (χ0) is 15.3. The van der Waals surface area contributed by atoms with Gasteiger partial charge >= 0.3 is 0 Å². The molecule has 120 valence electrons. The van der Waals surface area contributed by atoms with Crippen molar-refractivity contribution in [2.24, 2.45) is 0 Å². The predicted octanol–water partition coefficient (Wildman–Crippen LogP) is 1.62. The van der Waals surface area contributed by atoms with Crippen molar-refractivity contribution in [1.29, 1.82) is 0 Å². The Morgan fingerprint density at radius 2 is 2.10 bits per heavy atom. The van der Waals surface area contributed by atoms with Crippen LogP contribution in [-0.2, 0) is 16.6 Å².